The zero-order valence-electron chi connectivity index (χ0n) is 14.5. The molecule has 0 radical (unpaired) electrons. The SMILES string of the molecule is C[C@@H]1CCc2sc(-c3nnc(SCc4nc(-c5cccs5)no4)o3)cc2C1. The molecule has 0 spiro atoms. The van der Waals surface area contributed by atoms with Crippen LogP contribution in [0, 0.1) is 5.92 Å². The van der Waals surface area contributed by atoms with E-state index in [-0.39, 0.29) is 0 Å². The van der Waals surface area contributed by atoms with Gasteiger partial charge in [-0.1, -0.05) is 29.9 Å². The van der Waals surface area contributed by atoms with Crippen LogP contribution in [-0.4, -0.2) is 20.3 Å². The quantitative estimate of drug-likeness (QED) is 0.407. The molecule has 0 bridgehead atoms. The number of hydrogen-bond acceptors (Lipinski definition) is 9. The molecule has 0 saturated carbocycles. The van der Waals surface area contributed by atoms with Crippen molar-refractivity contribution in [3.05, 3.63) is 39.9 Å². The highest BCUT2D eigenvalue weighted by molar-refractivity contribution is 7.98. The molecule has 4 heterocycles. The van der Waals surface area contributed by atoms with Crippen LogP contribution in [0.5, 0.6) is 0 Å². The van der Waals surface area contributed by atoms with E-state index in [0.717, 1.165) is 28.5 Å². The third-order valence-electron chi connectivity index (χ3n) is 4.48. The minimum absolute atomic E-state index is 0.498. The first-order valence-electron chi connectivity index (χ1n) is 8.69. The van der Waals surface area contributed by atoms with E-state index in [1.165, 1.54) is 28.6 Å². The van der Waals surface area contributed by atoms with Crippen molar-refractivity contribution in [1.82, 2.24) is 20.3 Å². The number of nitrogens with zero attached hydrogens (tertiary/aromatic N) is 4. The number of aryl methyl sites for hydroxylation is 1. The van der Waals surface area contributed by atoms with Gasteiger partial charge in [-0.05, 0) is 48.3 Å². The maximum Gasteiger partial charge on any atom is 0.277 e. The third-order valence-corrected chi connectivity index (χ3v) is 7.37. The molecule has 0 amide bonds. The molecule has 0 N–H and O–H groups in total. The van der Waals surface area contributed by atoms with Gasteiger partial charge in [0.2, 0.25) is 11.7 Å². The normalized spacial score (nSPS) is 16.6. The molecule has 9 heteroatoms. The van der Waals surface area contributed by atoms with Crippen molar-refractivity contribution in [1.29, 1.82) is 0 Å². The van der Waals surface area contributed by atoms with E-state index >= 15 is 0 Å². The Bertz CT molecular complexity index is 1050. The van der Waals surface area contributed by atoms with Crippen molar-refractivity contribution in [2.75, 3.05) is 0 Å². The number of hydrogen-bond donors (Lipinski definition) is 0. The molecule has 27 heavy (non-hydrogen) atoms. The van der Waals surface area contributed by atoms with E-state index in [0.29, 0.717) is 28.6 Å². The van der Waals surface area contributed by atoms with Gasteiger partial charge in [0, 0.05) is 4.88 Å². The zero-order chi connectivity index (χ0) is 18.2. The number of aromatic nitrogens is 4. The van der Waals surface area contributed by atoms with E-state index in [2.05, 4.69) is 33.3 Å². The van der Waals surface area contributed by atoms with Gasteiger partial charge in [-0.3, -0.25) is 0 Å². The minimum Gasteiger partial charge on any atom is -0.410 e. The van der Waals surface area contributed by atoms with Gasteiger partial charge < -0.3 is 8.94 Å². The van der Waals surface area contributed by atoms with E-state index in [9.17, 15) is 0 Å². The predicted molar refractivity (Wildman–Crippen MR) is 106 cm³/mol. The lowest BCUT2D eigenvalue weighted by Crippen LogP contribution is -2.07. The van der Waals surface area contributed by atoms with Crippen LogP contribution in [0.3, 0.4) is 0 Å². The fourth-order valence-electron chi connectivity index (χ4n) is 3.12. The molecular formula is C18H16N4O2S3. The average molecular weight is 417 g/mol. The maximum atomic E-state index is 5.84. The molecule has 0 saturated heterocycles. The Labute approximate surface area is 168 Å². The largest absolute Gasteiger partial charge is 0.410 e. The van der Waals surface area contributed by atoms with Gasteiger partial charge in [0.15, 0.2) is 0 Å². The van der Waals surface area contributed by atoms with Gasteiger partial charge in [-0.15, -0.1) is 32.9 Å². The van der Waals surface area contributed by atoms with Gasteiger partial charge in [-0.25, -0.2) is 0 Å². The van der Waals surface area contributed by atoms with Crippen LogP contribution in [0.4, 0.5) is 0 Å². The summed E-state index contributed by atoms with van der Waals surface area (Å²) in [6, 6.07) is 6.15. The first-order chi connectivity index (χ1) is 13.2. The van der Waals surface area contributed by atoms with Crippen molar-refractivity contribution in [3.63, 3.8) is 0 Å². The molecule has 1 aliphatic rings. The van der Waals surface area contributed by atoms with E-state index in [4.69, 9.17) is 8.94 Å². The topological polar surface area (TPSA) is 77.8 Å². The summed E-state index contributed by atoms with van der Waals surface area (Å²) in [5.74, 6) is 3.00. The Morgan fingerprint density at radius 2 is 2.26 bits per heavy atom. The lowest BCUT2D eigenvalue weighted by atomic mass is 9.90. The van der Waals surface area contributed by atoms with Crippen molar-refractivity contribution in [3.8, 4) is 21.5 Å². The Balaban J connectivity index is 1.26. The number of thioether (sulfide) groups is 1. The molecule has 0 unspecified atom stereocenters. The summed E-state index contributed by atoms with van der Waals surface area (Å²) in [5, 5.41) is 14.9. The van der Waals surface area contributed by atoms with Crippen molar-refractivity contribution in [2.45, 2.75) is 37.2 Å². The van der Waals surface area contributed by atoms with Crippen LogP contribution in [0.2, 0.25) is 0 Å². The maximum absolute atomic E-state index is 5.84. The standard InChI is InChI=1S/C18H16N4O2S3/c1-10-4-5-12-11(7-10)8-14(27-12)17-20-21-18(23-17)26-9-15-19-16(22-24-15)13-3-2-6-25-13/h2-3,6,8,10H,4-5,7,9H2,1H3/t10-/m1/s1. The molecule has 138 valence electrons. The van der Waals surface area contributed by atoms with Crippen LogP contribution in [0.25, 0.3) is 21.5 Å². The van der Waals surface area contributed by atoms with Crippen molar-refractivity contribution < 1.29 is 8.94 Å². The molecule has 0 aliphatic heterocycles. The highest BCUT2D eigenvalue weighted by Gasteiger charge is 2.21. The van der Waals surface area contributed by atoms with Crippen LogP contribution in [0.1, 0.15) is 29.7 Å². The van der Waals surface area contributed by atoms with Crippen molar-refractivity contribution in [2.24, 2.45) is 5.92 Å². The Kier molecular flexibility index (Phi) is 4.58. The molecular weight excluding hydrogens is 400 g/mol. The summed E-state index contributed by atoms with van der Waals surface area (Å²) in [7, 11) is 0. The number of thiophene rings is 2. The zero-order valence-corrected chi connectivity index (χ0v) is 17.0. The highest BCUT2D eigenvalue weighted by Crippen LogP contribution is 2.37. The number of rotatable bonds is 5. The summed E-state index contributed by atoms with van der Waals surface area (Å²) in [6.45, 7) is 2.31. The summed E-state index contributed by atoms with van der Waals surface area (Å²) in [4.78, 5) is 7.92. The first-order valence-corrected chi connectivity index (χ1v) is 11.4. The molecule has 5 rings (SSSR count). The lowest BCUT2D eigenvalue weighted by Gasteiger charge is -2.16. The second-order valence-corrected chi connectivity index (χ2v) is 9.57. The van der Waals surface area contributed by atoms with Crippen LogP contribution in [0.15, 0.2) is 37.7 Å². The molecule has 4 aromatic heterocycles. The fourth-order valence-corrected chi connectivity index (χ4v) is 5.50. The van der Waals surface area contributed by atoms with Gasteiger partial charge in [-0.2, -0.15) is 4.98 Å². The smallest absolute Gasteiger partial charge is 0.277 e. The van der Waals surface area contributed by atoms with E-state index < -0.39 is 0 Å². The molecule has 1 atom stereocenters. The minimum atomic E-state index is 0.498. The average Bonchev–Trinajstić information content (AvgIpc) is 3.45. The van der Waals surface area contributed by atoms with Crippen LogP contribution in [-0.2, 0) is 18.6 Å². The van der Waals surface area contributed by atoms with Gasteiger partial charge >= 0.3 is 0 Å². The van der Waals surface area contributed by atoms with E-state index in [1.54, 1.807) is 22.7 Å². The van der Waals surface area contributed by atoms with E-state index in [1.807, 2.05) is 17.5 Å². The third kappa shape index (κ3) is 3.59. The lowest BCUT2D eigenvalue weighted by molar-refractivity contribution is 0.391. The monoisotopic (exact) mass is 416 g/mol. The predicted octanol–water partition coefficient (Wildman–Crippen LogP) is 5.33. The molecule has 4 aromatic rings. The fraction of sp³-hybridized carbons (Fsp3) is 0.333. The first kappa shape index (κ1) is 17.2. The number of fused-ring (bicyclic) bond motifs is 1. The summed E-state index contributed by atoms with van der Waals surface area (Å²) >= 11 is 4.77. The summed E-state index contributed by atoms with van der Waals surface area (Å²) < 4.78 is 11.1. The molecule has 1 aliphatic carbocycles. The second kappa shape index (κ2) is 7.21. The Morgan fingerprint density at radius 3 is 3.15 bits per heavy atom. The Hall–Kier alpha value is -1.97. The summed E-state index contributed by atoms with van der Waals surface area (Å²) in [6.07, 6.45) is 3.56. The van der Waals surface area contributed by atoms with Crippen LogP contribution < -0.4 is 0 Å². The van der Waals surface area contributed by atoms with Crippen molar-refractivity contribution >= 4 is 34.4 Å². The Morgan fingerprint density at radius 1 is 1.30 bits per heavy atom. The van der Waals surface area contributed by atoms with Gasteiger partial charge in [0.25, 0.3) is 11.1 Å². The second-order valence-electron chi connectivity index (χ2n) is 6.56. The summed E-state index contributed by atoms with van der Waals surface area (Å²) in [5.41, 5.74) is 1.44. The highest BCUT2D eigenvalue weighted by atomic mass is 32.2. The van der Waals surface area contributed by atoms with Gasteiger partial charge in [0.05, 0.1) is 15.5 Å². The van der Waals surface area contributed by atoms with Crippen LogP contribution >= 0.6 is 34.4 Å². The molecule has 6 nitrogen and oxygen atoms in total. The van der Waals surface area contributed by atoms with Gasteiger partial charge in [0.1, 0.15) is 0 Å². The molecule has 0 fully saturated rings. The molecule has 0 aromatic carbocycles.